The first kappa shape index (κ1) is 17.3. The second-order valence-corrected chi connectivity index (χ2v) is 7.84. The monoisotopic (exact) mass is 352 g/mol. The third-order valence-electron chi connectivity index (χ3n) is 4.40. The Labute approximate surface area is 147 Å². The van der Waals surface area contributed by atoms with Crippen LogP contribution in [0.15, 0.2) is 0 Å². The van der Waals surface area contributed by atoms with Gasteiger partial charge in [0.1, 0.15) is 11.4 Å². The van der Waals surface area contributed by atoms with Crippen LogP contribution < -0.4 is 10.2 Å². The number of carbonyl (C=O) groups excluding carboxylic acids is 1. The number of anilines is 1. The minimum absolute atomic E-state index is 0.140. The zero-order chi connectivity index (χ0) is 17.3. The maximum absolute atomic E-state index is 11.9. The molecule has 1 aliphatic heterocycles. The van der Waals surface area contributed by atoms with Crippen molar-refractivity contribution in [1.82, 2.24) is 15.3 Å². The molecule has 1 aromatic heterocycles. The van der Waals surface area contributed by atoms with Gasteiger partial charge in [0, 0.05) is 24.7 Å². The Morgan fingerprint density at radius 3 is 2.62 bits per heavy atom. The molecule has 1 N–H and O–H groups in total. The van der Waals surface area contributed by atoms with E-state index in [1.54, 1.807) is 0 Å². The molecular formula is C17H25ClN4O2. The number of ether oxygens (including phenoxy) is 1. The molecule has 0 radical (unpaired) electrons. The Hall–Kier alpha value is -1.56. The first-order chi connectivity index (χ1) is 11.3. The molecule has 2 heterocycles. The van der Waals surface area contributed by atoms with E-state index in [-0.39, 0.29) is 12.1 Å². The van der Waals surface area contributed by atoms with Gasteiger partial charge in [-0.3, -0.25) is 0 Å². The molecule has 1 amide bonds. The number of alkyl carbamates (subject to hydrolysis) is 1. The summed E-state index contributed by atoms with van der Waals surface area (Å²) in [6, 6.07) is 0.140. The average molecular weight is 353 g/mol. The molecule has 3 rings (SSSR count). The molecule has 1 saturated heterocycles. The van der Waals surface area contributed by atoms with E-state index in [9.17, 15) is 4.79 Å². The van der Waals surface area contributed by atoms with Crippen LogP contribution >= 0.6 is 11.6 Å². The summed E-state index contributed by atoms with van der Waals surface area (Å²) in [4.78, 5) is 23.0. The maximum Gasteiger partial charge on any atom is 0.407 e. The van der Waals surface area contributed by atoms with Gasteiger partial charge in [-0.2, -0.15) is 0 Å². The Morgan fingerprint density at radius 1 is 1.25 bits per heavy atom. The molecule has 1 aliphatic carbocycles. The summed E-state index contributed by atoms with van der Waals surface area (Å²) < 4.78 is 5.33. The van der Waals surface area contributed by atoms with Crippen LogP contribution in [-0.2, 0) is 17.6 Å². The van der Waals surface area contributed by atoms with Crippen LogP contribution in [0.1, 0.15) is 51.3 Å². The molecule has 24 heavy (non-hydrogen) atoms. The van der Waals surface area contributed by atoms with Crippen LogP contribution in [0.25, 0.3) is 0 Å². The fourth-order valence-corrected chi connectivity index (χ4v) is 3.54. The van der Waals surface area contributed by atoms with E-state index in [4.69, 9.17) is 16.3 Å². The standard InChI is InChI=1S/C17H25ClN4O2/c1-17(2,3)24-16(23)19-11-7-9-22(10-8-11)14-12-5-4-6-13(12)20-15(18)21-14/h11H,4-10H2,1-3H3,(H,19,23). The van der Waals surface area contributed by atoms with Crippen molar-refractivity contribution >= 4 is 23.5 Å². The lowest BCUT2D eigenvalue weighted by Gasteiger charge is -2.34. The summed E-state index contributed by atoms with van der Waals surface area (Å²) in [5.41, 5.74) is 1.88. The van der Waals surface area contributed by atoms with Crippen molar-refractivity contribution < 1.29 is 9.53 Å². The second-order valence-electron chi connectivity index (χ2n) is 7.50. The summed E-state index contributed by atoms with van der Waals surface area (Å²) in [7, 11) is 0. The number of hydrogen-bond donors (Lipinski definition) is 1. The number of hydrogen-bond acceptors (Lipinski definition) is 5. The summed E-state index contributed by atoms with van der Waals surface area (Å²) in [5.74, 6) is 0.984. The normalized spacial score (nSPS) is 18.4. The number of nitrogens with one attached hydrogen (secondary N) is 1. The van der Waals surface area contributed by atoms with Gasteiger partial charge in [-0.25, -0.2) is 14.8 Å². The Bertz CT molecular complexity index is 622. The van der Waals surface area contributed by atoms with Crippen LogP contribution in [0, 0.1) is 0 Å². The first-order valence-corrected chi connectivity index (χ1v) is 8.99. The number of amides is 1. The van der Waals surface area contributed by atoms with E-state index in [1.165, 1.54) is 5.56 Å². The summed E-state index contributed by atoms with van der Waals surface area (Å²) in [6.07, 6.45) is 4.53. The molecule has 2 aliphatic rings. The van der Waals surface area contributed by atoms with Crippen molar-refractivity contribution in [1.29, 1.82) is 0 Å². The third-order valence-corrected chi connectivity index (χ3v) is 4.57. The number of aromatic nitrogens is 2. The van der Waals surface area contributed by atoms with E-state index in [0.29, 0.717) is 5.28 Å². The Morgan fingerprint density at radius 2 is 1.96 bits per heavy atom. The lowest BCUT2D eigenvalue weighted by atomic mass is 10.0. The lowest BCUT2D eigenvalue weighted by molar-refractivity contribution is 0.0497. The highest BCUT2D eigenvalue weighted by Gasteiger charge is 2.27. The van der Waals surface area contributed by atoms with E-state index >= 15 is 0 Å². The lowest BCUT2D eigenvalue weighted by Crippen LogP contribution is -2.46. The summed E-state index contributed by atoms with van der Waals surface area (Å²) in [6.45, 7) is 7.30. The predicted octanol–water partition coefficient (Wildman–Crippen LogP) is 3.11. The molecule has 7 heteroatoms. The first-order valence-electron chi connectivity index (χ1n) is 8.61. The number of piperidine rings is 1. The zero-order valence-electron chi connectivity index (χ0n) is 14.6. The Kier molecular flexibility index (Phi) is 4.85. The SMILES string of the molecule is CC(C)(C)OC(=O)NC1CCN(c2nc(Cl)nc3c2CCC3)CC1. The number of aryl methyl sites for hydroxylation is 1. The van der Waals surface area contributed by atoms with Gasteiger partial charge in [0.25, 0.3) is 0 Å². The van der Waals surface area contributed by atoms with Gasteiger partial charge < -0.3 is 15.0 Å². The van der Waals surface area contributed by atoms with Crippen molar-refractivity contribution in [3.8, 4) is 0 Å². The van der Waals surface area contributed by atoms with E-state index in [1.807, 2.05) is 20.8 Å². The van der Waals surface area contributed by atoms with Gasteiger partial charge in [-0.05, 0) is 64.5 Å². The largest absolute Gasteiger partial charge is 0.444 e. The molecule has 132 valence electrons. The Balaban J connectivity index is 1.59. The van der Waals surface area contributed by atoms with E-state index < -0.39 is 5.60 Å². The highest BCUT2D eigenvalue weighted by atomic mass is 35.5. The molecule has 6 nitrogen and oxygen atoms in total. The summed E-state index contributed by atoms with van der Waals surface area (Å²) >= 11 is 6.08. The van der Waals surface area contributed by atoms with Gasteiger partial charge in [0.2, 0.25) is 5.28 Å². The van der Waals surface area contributed by atoms with E-state index in [0.717, 1.165) is 56.7 Å². The fraction of sp³-hybridized carbons (Fsp3) is 0.706. The van der Waals surface area contributed by atoms with Gasteiger partial charge in [-0.15, -0.1) is 0 Å². The van der Waals surface area contributed by atoms with Crippen molar-refractivity contribution in [3.63, 3.8) is 0 Å². The van der Waals surface area contributed by atoms with Crippen molar-refractivity contribution in [2.45, 2.75) is 64.5 Å². The fourth-order valence-electron chi connectivity index (χ4n) is 3.35. The highest BCUT2D eigenvalue weighted by Crippen LogP contribution is 2.31. The van der Waals surface area contributed by atoms with Crippen molar-refractivity contribution in [3.05, 3.63) is 16.5 Å². The predicted molar refractivity (Wildman–Crippen MR) is 93.7 cm³/mol. The number of halogens is 1. The molecule has 0 spiro atoms. The van der Waals surface area contributed by atoms with Gasteiger partial charge in [0.05, 0.1) is 5.69 Å². The second kappa shape index (κ2) is 6.75. The van der Waals surface area contributed by atoms with Crippen LogP contribution in [-0.4, -0.2) is 40.8 Å². The molecule has 1 aromatic rings. The molecule has 1 fully saturated rings. The van der Waals surface area contributed by atoms with E-state index in [2.05, 4.69) is 20.2 Å². The number of carbonyl (C=O) groups is 1. The molecule has 0 aromatic carbocycles. The van der Waals surface area contributed by atoms with Crippen LogP contribution in [0.5, 0.6) is 0 Å². The minimum Gasteiger partial charge on any atom is -0.444 e. The number of nitrogens with zero attached hydrogens (tertiary/aromatic N) is 3. The minimum atomic E-state index is -0.469. The van der Waals surface area contributed by atoms with Crippen LogP contribution in [0.2, 0.25) is 5.28 Å². The number of fused-ring (bicyclic) bond motifs is 1. The maximum atomic E-state index is 11.9. The average Bonchev–Trinajstić information content (AvgIpc) is 2.93. The van der Waals surface area contributed by atoms with Crippen molar-refractivity contribution in [2.24, 2.45) is 0 Å². The van der Waals surface area contributed by atoms with Gasteiger partial charge in [0.15, 0.2) is 0 Å². The molecule has 0 atom stereocenters. The summed E-state index contributed by atoms with van der Waals surface area (Å²) in [5, 5.41) is 3.30. The quantitative estimate of drug-likeness (QED) is 0.828. The smallest absolute Gasteiger partial charge is 0.407 e. The number of rotatable bonds is 2. The molecule has 0 saturated carbocycles. The van der Waals surface area contributed by atoms with Gasteiger partial charge >= 0.3 is 6.09 Å². The van der Waals surface area contributed by atoms with Crippen molar-refractivity contribution in [2.75, 3.05) is 18.0 Å². The third kappa shape index (κ3) is 4.09. The van der Waals surface area contributed by atoms with Gasteiger partial charge in [-0.1, -0.05) is 0 Å². The molecular weight excluding hydrogens is 328 g/mol. The van der Waals surface area contributed by atoms with Crippen LogP contribution in [0.3, 0.4) is 0 Å². The van der Waals surface area contributed by atoms with Crippen LogP contribution in [0.4, 0.5) is 10.6 Å². The zero-order valence-corrected chi connectivity index (χ0v) is 15.3. The highest BCUT2D eigenvalue weighted by molar-refractivity contribution is 6.28. The molecule has 0 unspecified atom stereocenters. The topological polar surface area (TPSA) is 67.3 Å². The molecule has 0 bridgehead atoms.